The fourth-order valence-corrected chi connectivity index (χ4v) is 1.38. The quantitative estimate of drug-likeness (QED) is 0.483. The maximum Gasteiger partial charge on any atom is 0.271 e. The maximum absolute atomic E-state index is 11.3. The van der Waals surface area contributed by atoms with Gasteiger partial charge in [-0.2, -0.15) is 0 Å². The zero-order chi connectivity index (χ0) is 12.3. The molecule has 0 radical (unpaired) electrons. The van der Waals surface area contributed by atoms with Gasteiger partial charge >= 0.3 is 0 Å². The molecular weight excluding hydrogens is 208 g/mol. The van der Waals surface area contributed by atoms with Gasteiger partial charge in [-0.15, -0.1) is 0 Å². The number of anilines is 1. The van der Waals surface area contributed by atoms with Crippen LogP contribution in [-0.2, 0) is 0 Å². The van der Waals surface area contributed by atoms with Crippen molar-refractivity contribution in [3.63, 3.8) is 0 Å². The lowest BCUT2D eigenvalue weighted by molar-refractivity contribution is -0.384. The fourth-order valence-electron chi connectivity index (χ4n) is 1.38. The topological polar surface area (TPSA) is 72.2 Å². The number of Topliss-reactive ketones (excluding diaryl/α,β-unsaturated/α-hetero) is 1. The molecule has 0 aliphatic carbocycles. The molecule has 0 bridgehead atoms. The third kappa shape index (κ3) is 2.79. The van der Waals surface area contributed by atoms with Gasteiger partial charge in [0.15, 0.2) is 5.78 Å². The van der Waals surface area contributed by atoms with Crippen LogP contribution in [-0.4, -0.2) is 16.7 Å². The highest BCUT2D eigenvalue weighted by atomic mass is 16.6. The summed E-state index contributed by atoms with van der Waals surface area (Å²) in [7, 11) is 0. The summed E-state index contributed by atoms with van der Waals surface area (Å²) in [6.45, 7) is 5.25. The molecule has 1 rings (SSSR count). The summed E-state index contributed by atoms with van der Waals surface area (Å²) in [4.78, 5) is 21.5. The van der Waals surface area contributed by atoms with Gasteiger partial charge in [0, 0.05) is 23.7 Å². The van der Waals surface area contributed by atoms with Gasteiger partial charge in [0.25, 0.3) is 5.69 Å². The molecular formula is C11H14N2O3. The third-order valence-corrected chi connectivity index (χ3v) is 2.04. The average molecular weight is 222 g/mol. The molecule has 1 aromatic rings. The Morgan fingerprint density at radius 1 is 1.44 bits per heavy atom. The largest absolute Gasteiger partial charge is 0.382 e. The Hall–Kier alpha value is -1.91. The van der Waals surface area contributed by atoms with E-state index in [1.165, 1.54) is 25.1 Å². The average Bonchev–Trinajstić information content (AvgIpc) is 2.15. The first kappa shape index (κ1) is 12.2. The van der Waals surface area contributed by atoms with Gasteiger partial charge in [-0.05, 0) is 26.8 Å². The van der Waals surface area contributed by atoms with Crippen molar-refractivity contribution in [2.45, 2.75) is 26.8 Å². The SMILES string of the molecule is CC(=O)c1ccc([N+](=O)[O-])cc1NC(C)C. The van der Waals surface area contributed by atoms with Crippen LogP contribution in [0.15, 0.2) is 18.2 Å². The lowest BCUT2D eigenvalue weighted by Crippen LogP contribution is -2.13. The lowest BCUT2D eigenvalue weighted by Gasteiger charge is -2.12. The Bertz CT molecular complexity index is 427. The Kier molecular flexibility index (Phi) is 3.60. The van der Waals surface area contributed by atoms with E-state index < -0.39 is 4.92 Å². The van der Waals surface area contributed by atoms with E-state index >= 15 is 0 Å². The first-order chi connectivity index (χ1) is 7.41. The molecule has 0 saturated heterocycles. The minimum atomic E-state index is -0.477. The third-order valence-electron chi connectivity index (χ3n) is 2.04. The molecule has 0 spiro atoms. The molecule has 5 nitrogen and oxygen atoms in total. The monoisotopic (exact) mass is 222 g/mol. The number of nitro groups is 1. The van der Waals surface area contributed by atoms with E-state index in [0.29, 0.717) is 11.3 Å². The molecule has 0 aromatic heterocycles. The van der Waals surface area contributed by atoms with E-state index in [0.717, 1.165) is 0 Å². The molecule has 5 heteroatoms. The highest BCUT2D eigenvalue weighted by Gasteiger charge is 2.13. The molecule has 1 aromatic carbocycles. The van der Waals surface area contributed by atoms with Crippen LogP contribution in [0.25, 0.3) is 0 Å². The molecule has 0 atom stereocenters. The second-order valence-electron chi connectivity index (χ2n) is 3.84. The van der Waals surface area contributed by atoms with Gasteiger partial charge < -0.3 is 5.32 Å². The van der Waals surface area contributed by atoms with E-state index in [1.54, 1.807) is 0 Å². The molecule has 1 N–H and O–H groups in total. The van der Waals surface area contributed by atoms with Gasteiger partial charge in [0.1, 0.15) is 0 Å². The number of rotatable bonds is 4. The number of nitro benzene ring substituents is 1. The maximum atomic E-state index is 11.3. The molecule has 0 heterocycles. The number of nitrogens with one attached hydrogen (secondary N) is 1. The van der Waals surface area contributed by atoms with Crippen LogP contribution in [0.1, 0.15) is 31.1 Å². The van der Waals surface area contributed by atoms with Crippen LogP contribution < -0.4 is 5.32 Å². The van der Waals surface area contributed by atoms with Crippen LogP contribution in [0.3, 0.4) is 0 Å². The zero-order valence-electron chi connectivity index (χ0n) is 9.48. The van der Waals surface area contributed by atoms with E-state index in [4.69, 9.17) is 0 Å². The van der Waals surface area contributed by atoms with Gasteiger partial charge in [0.2, 0.25) is 0 Å². The molecule has 0 aliphatic rings. The minimum absolute atomic E-state index is 0.0202. The van der Waals surface area contributed by atoms with Gasteiger partial charge in [0.05, 0.1) is 10.6 Å². The van der Waals surface area contributed by atoms with Crippen molar-refractivity contribution in [2.24, 2.45) is 0 Å². The van der Waals surface area contributed by atoms with E-state index in [9.17, 15) is 14.9 Å². The normalized spacial score (nSPS) is 10.2. The molecule has 0 saturated carbocycles. The minimum Gasteiger partial charge on any atom is -0.382 e. The van der Waals surface area contributed by atoms with Crippen LogP contribution in [0, 0.1) is 10.1 Å². The number of benzene rings is 1. The van der Waals surface area contributed by atoms with Gasteiger partial charge in [-0.3, -0.25) is 14.9 Å². The van der Waals surface area contributed by atoms with Crippen LogP contribution in [0.4, 0.5) is 11.4 Å². The molecule has 0 amide bonds. The Labute approximate surface area is 93.6 Å². The lowest BCUT2D eigenvalue weighted by atomic mass is 10.1. The molecule has 0 fully saturated rings. The predicted molar refractivity (Wildman–Crippen MR) is 61.9 cm³/mol. The molecule has 0 unspecified atom stereocenters. The Balaban J connectivity index is 3.21. The number of carbonyl (C=O) groups is 1. The summed E-state index contributed by atoms with van der Waals surface area (Å²) in [5, 5.41) is 13.6. The van der Waals surface area contributed by atoms with Crippen molar-refractivity contribution in [3.8, 4) is 0 Å². The highest BCUT2D eigenvalue weighted by molar-refractivity contribution is 6.00. The number of hydrogen-bond acceptors (Lipinski definition) is 4. The second-order valence-corrected chi connectivity index (χ2v) is 3.84. The molecule has 16 heavy (non-hydrogen) atoms. The smallest absolute Gasteiger partial charge is 0.271 e. The number of hydrogen-bond donors (Lipinski definition) is 1. The summed E-state index contributed by atoms with van der Waals surface area (Å²) in [5.74, 6) is -0.113. The van der Waals surface area contributed by atoms with Crippen molar-refractivity contribution < 1.29 is 9.72 Å². The van der Waals surface area contributed by atoms with E-state index in [-0.39, 0.29) is 17.5 Å². The van der Waals surface area contributed by atoms with Gasteiger partial charge in [-0.1, -0.05) is 0 Å². The summed E-state index contributed by atoms with van der Waals surface area (Å²) in [6, 6.07) is 4.31. The Morgan fingerprint density at radius 2 is 2.06 bits per heavy atom. The fraction of sp³-hybridized carbons (Fsp3) is 0.364. The van der Waals surface area contributed by atoms with Crippen molar-refractivity contribution >= 4 is 17.2 Å². The van der Waals surface area contributed by atoms with E-state index in [2.05, 4.69) is 5.32 Å². The molecule has 86 valence electrons. The number of ketones is 1. The first-order valence-electron chi connectivity index (χ1n) is 4.97. The predicted octanol–water partition coefficient (Wildman–Crippen LogP) is 2.62. The molecule has 0 aliphatic heterocycles. The second kappa shape index (κ2) is 4.74. The van der Waals surface area contributed by atoms with Gasteiger partial charge in [-0.25, -0.2) is 0 Å². The van der Waals surface area contributed by atoms with Crippen molar-refractivity contribution in [1.29, 1.82) is 0 Å². The highest BCUT2D eigenvalue weighted by Crippen LogP contribution is 2.23. The van der Waals surface area contributed by atoms with Crippen LogP contribution >= 0.6 is 0 Å². The van der Waals surface area contributed by atoms with Crippen molar-refractivity contribution in [3.05, 3.63) is 33.9 Å². The number of carbonyl (C=O) groups excluding carboxylic acids is 1. The summed E-state index contributed by atoms with van der Waals surface area (Å²) in [6.07, 6.45) is 0. The number of nitrogens with zero attached hydrogens (tertiary/aromatic N) is 1. The van der Waals surface area contributed by atoms with Crippen molar-refractivity contribution in [1.82, 2.24) is 0 Å². The standard InChI is InChI=1S/C11H14N2O3/c1-7(2)12-11-6-9(13(15)16)4-5-10(11)8(3)14/h4-7,12H,1-3H3. The van der Waals surface area contributed by atoms with Crippen molar-refractivity contribution in [2.75, 3.05) is 5.32 Å². The van der Waals surface area contributed by atoms with Crippen LogP contribution in [0.2, 0.25) is 0 Å². The van der Waals surface area contributed by atoms with E-state index in [1.807, 2.05) is 13.8 Å². The van der Waals surface area contributed by atoms with Crippen LogP contribution in [0.5, 0.6) is 0 Å². The summed E-state index contributed by atoms with van der Waals surface area (Å²) in [5.41, 5.74) is 0.962. The number of non-ortho nitro benzene ring substituents is 1. The zero-order valence-corrected chi connectivity index (χ0v) is 9.48. The summed E-state index contributed by atoms with van der Waals surface area (Å²) < 4.78 is 0. The Morgan fingerprint density at radius 3 is 2.50 bits per heavy atom. The first-order valence-corrected chi connectivity index (χ1v) is 4.97. The summed E-state index contributed by atoms with van der Waals surface area (Å²) >= 11 is 0.